The van der Waals surface area contributed by atoms with E-state index in [9.17, 15) is 29.8 Å². The zero-order valence-electron chi connectivity index (χ0n) is 16.3. The van der Waals surface area contributed by atoms with E-state index in [2.05, 4.69) is 9.97 Å². The number of ether oxygens (including phenoxy) is 2. The highest BCUT2D eigenvalue weighted by Crippen LogP contribution is 2.14. The van der Waals surface area contributed by atoms with Crippen LogP contribution in [0.2, 0.25) is 0 Å². The van der Waals surface area contributed by atoms with Crippen molar-refractivity contribution in [3.63, 3.8) is 0 Å². The third-order valence-electron chi connectivity index (χ3n) is 4.13. The molecule has 0 N–H and O–H groups in total. The average molecular weight is 424 g/mol. The minimum Gasteiger partial charge on any atom is -0.461 e. The molecule has 0 saturated carbocycles. The molecule has 0 radical (unpaired) electrons. The maximum atomic E-state index is 11.7. The molecule has 14 heteroatoms. The Labute approximate surface area is 169 Å². The van der Waals surface area contributed by atoms with Crippen LogP contribution in [0.25, 0.3) is 0 Å². The van der Waals surface area contributed by atoms with Crippen LogP contribution in [-0.2, 0) is 32.2 Å². The predicted octanol–water partition coefficient (Wildman–Crippen LogP) is 1.08. The maximum absolute atomic E-state index is 11.7. The van der Waals surface area contributed by atoms with Crippen LogP contribution in [-0.4, -0.2) is 54.1 Å². The van der Waals surface area contributed by atoms with E-state index in [0.717, 1.165) is 12.4 Å². The Morgan fingerprint density at radius 2 is 1.23 bits per heavy atom. The molecule has 0 aliphatic heterocycles. The van der Waals surface area contributed by atoms with Gasteiger partial charge in [0.15, 0.2) is 11.6 Å². The number of esters is 2. The van der Waals surface area contributed by atoms with Crippen molar-refractivity contribution in [3.05, 3.63) is 44.3 Å². The molecule has 0 spiro atoms. The molecule has 0 unspecified atom stereocenters. The van der Waals surface area contributed by atoms with Gasteiger partial charge in [-0.1, -0.05) is 0 Å². The Balaban J connectivity index is 1.68. The maximum Gasteiger partial charge on any atom is 0.342 e. The number of aromatic nitrogens is 4. The standard InChI is InChI=1S/C16H20N6O8/c1-11-17-9-13(21(25)26)19(11)5-7-29-15(23)3-4-16(24)30-8-6-20-12(2)18-10-14(20)22(27)28/h9-10H,3-8H2,1-2H3. The Morgan fingerprint density at radius 3 is 1.57 bits per heavy atom. The fourth-order valence-corrected chi connectivity index (χ4v) is 2.61. The lowest BCUT2D eigenvalue weighted by molar-refractivity contribution is -0.392. The third-order valence-corrected chi connectivity index (χ3v) is 4.13. The van der Waals surface area contributed by atoms with Crippen LogP contribution in [0, 0.1) is 34.1 Å². The summed E-state index contributed by atoms with van der Waals surface area (Å²) >= 11 is 0. The number of hydrogen-bond acceptors (Lipinski definition) is 10. The summed E-state index contributed by atoms with van der Waals surface area (Å²) in [6.07, 6.45) is 1.78. The SMILES string of the molecule is Cc1ncc([N+](=O)[O-])n1CCOC(=O)CCC(=O)OCCn1c([N+](=O)[O-])cnc1C. The first-order valence-electron chi connectivity index (χ1n) is 8.85. The lowest BCUT2D eigenvalue weighted by Gasteiger charge is -2.06. The van der Waals surface area contributed by atoms with Crippen LogP contribution in [0.3, 0.4) is 0 Å². The molecule has 2 heterocycles. The molecule has 0 amide bonds. The molecule has 14 nitrogen and oxygen atoms in total. The molecule has 0 saturated heterocycles. The summed E-state index contributed by atoms with van der Waals surface area (Å²) < 4.78 is 12.6. The molecule has 2 rings (SSSR count). The average Bonchev–Trinajstić information content (AvgIpc) is 3.23. The number of aryl methyl sites for hydroxylation is 2. The van der Waals surface area contributed by atoms with Crippen molar-refractivity contribution in [1.29, 1.82) is 0 Å². The van der Waals surface area contributed by atoms with Crippen LogP contribution in [0.15, 0.2) is 12.4 Å². The van der Waals surface area contributed by atoms with Gasteiger partial charge < -0.3 is 29.7 Å². The molecule has 2 aromatic heterocycles. The smallest absolute Gasteiger partial charge is 0.342 e. The van der Waals surface area contributed by atoms with E-state index in [1.807, 2.05) is 0 Å². The van der Waals surface area contributed by atoms with Gasteiger partial charge in [0.25, 0.3) is 0 Å². The van der Waals surface area contributed by atoms with Gasteiger partial charge in [-0.3, -0.25) is 9.59 Å². The second kappa shape index (κ2) is 10.1. The third kappa shape index (κ3) is 5.83. The second-order valence-corrected chi connectivity index (χ2v) is 6.09. The monoisotopic (exact) mass is 424 g/mol. The van der Waals surface area contributed by atoms with E-state index in [-0.39, 0.29) is 50.8 Å². The fourth-order valence-electron chi connectivity index (χ4n) is 2.61. The topological polar surface area (TPSA) is 175 Å². The van der Waals surface area contributed by atoms with E-state index in [1.54, 1.807) is 13.8 Å². The van der Waals surface area contributed by atoms with E-state index >= 15 is 0 Å². The lowest BCUT2D eigenvalue weighted by Crippen LogP contribution is -2.16. The van der Waals surface area contributed by atoms with Crippen LogP contribution in [0.1, 0.15) is 24.5 Å². The van der Waals surface area contributed by atoms with Crippen molar-refractivity contribution in [2.45, 2.75) is 39.8 Å². The zero-order valence-corrected chi connectivity index (χ0v) is 16.3. The number of nitro groups is 2. The summed E-state index contributed by atoms with van der Waals surface area (Å²) in [6, 6.07) is 0. The molecule has 0 aromatic carbocycles. The van der Waals surface area contributed by atoms with Gasteiger partial charge in [-0.15, -0.1) is 0 Å². The first kappa shape index (κ1) is 22.4. The molecule has 0 aliphatic carbocycles. The number of carbonyl (C=O) groups is 2. The summed E-state index contributed by atoms with van der Waals surface area (Å²) in [7, 11) is 0. The molecule has 0 aliphatic rings. The van der Waals surface area contributed by atoms with Crippen LogP contribution in [0.4, 0.5) is 11.6 Å². The first-order chi connectivity index (χ1) is 14.2. The van der Waals surface area contributed by atoms with Crippen LogP contribution in [0.5, 0.6) is 0 Å². The Bertz CT molecular complexity index is 873. The molecule has 0 atom stereocenters. The summed E-state index contributed by atoms with van der Waals surface area (Å²) in [5.41, 5.74) is 0. The largest absolute Gasteiger partial charge is 0.461 e. The number of nitrogens with zero attached hydrogens (tertiary/aromatic N) is 6. The van der Waals surface area contributed by atoms with E-state index in [1.165, 1.54) is 9.13 Å². The molecule has 0 fully saturated rings. The van der Waals surface area contributed by atoms with Crippen molar-refractivity contribution < 1.29 is 28.9 Å². The van der Waals surface area contributed by atoms with Crippen molar-refractivity contribution in [2.24, 2.45) is 0 Å². The number of carbonyl (C=O) groups excluding carboxylic acids is 2. The van der Waals surface area contributed by atoms with Gasteiger partial charge >= 0.3 is 23.6 Å². The van der Waals surface area contributed by atoms with E-state index in [0.29, 0.717) is 11.6 Å². The van der Waals surface area contributed by atoms with Crippen molar-refractivity contribution >= 4 is 23.6 Å². The summed E-state index contributed by atoms with van der Waals surface area (Å²) in [4.78, 5) is 51.7. The highest BCUT2D eigenvalue weighted by Gasteiger charge is 2.19. The molecule has 2 aromatic rings. The van der Waals surface area contributed by atoms with Crippen molar-refractivity contribution in [1.82, 2.24) is 19.1 Å². The van der Waals surface area contributed by atoms with E-state index in [4.69, 9.17) is 9.47 Å². The van der Waals surface area contributed by atoms with Gasteiger partial charge in [0, 0.05) is 13.8 Å². The van der Waals surface area contributed by atoms with Gasteiger partial charge in [-0.2, -0.15) is 0 Å². The van der Waals surface area contributed by atoms with Crippen molar-refractivity contribution in [2.75, 3.05) is 13.2 Å². The molecular formula is C16H20N6O8. The number of imidazole rings is 2. The number of hydrogen-bond donors (Lipinski definition) is 0. The van der Waals surface area contributed by atoms with Gasteiger partial charge in [0.1, 0.15) is 38.7 Å². The Hall–Kier alpha value is -3.84. The normalized spacial score (nSPS) is 10.6. The summed E-state index contributed by atoms with van der Waals surface area (Å²) in [5.74, 6) is -0.910. The molecule has 30 heavy (non-hydrogen) atoms. The Morgan fingerprint density at radius 1 is 0.867 bits per heavy atom. The second-order valence-electron chi connectivity index (χ2n) is 6.09. The van der Waals surface area contributed by atoms with Gasteiger partial charge in [0.05, 0.1) is 12.8 Å². The molecular weight excluding hydrogens is 404 g/mol. The van der Waals surface area contributed by atoms with Crippen LogP contribution < -0.4 is 0 Å². The zero-order chi connectivity index (χ0) is 22.3. The van der Waals surface area contributed by atoms with E-state index < -0.39 is 21.8 Å². The highest BCUT2D eigenvalue weighted by atomic mass is 16.6. The minimum absolute atomic E-state index is 0.0569. The summed E-state index contributed by atoms with van der Waals surface area (Å²) in [6.45, 7) is 3.06. The first-order valence-corrected chi connectivity index (χ1v) is 8.85. The lowest BCUT2D eigenvalue weighted by atomic mass is 10.3. The van der Waals surface area contributed by atoms with Gasteiger partial charge in [-0.25, -0.2) is 19.1 Å². The van der Waals surface area contributed by atoms with Crippen molar-refractivity contribution in [3.8, 4) is 0 Å². The molecule has 162 valence electrons. The number of rotatable bonds is 11. The van der Waals surface area contributed by atoms with Gasteiger partial charge in [-0.05, 0) is 9.85 Å². The Kier molecular flexibility index (Phi) is 7.55. The quantitative estimate of drug-likeness (QED) is 0.288. The summed E-state index contributed by atoms with van der Waals surface area (Å²) in [5, 5.41) is 21.8. The molecule has 0 bridgehead atoms. The van der Waals surface area contributed by atoms with Gasteiger partial charge in [0.2, 0.25) is 0 Å². The fraction of sp³-hybridized carbons (Fsp3) is 0.500. The predicted molar refractivity (Wildman–Crippen MR) is 98.4 cm³/mol. The highest BCUT2D eigenvalue weighted by molar-refractivity contribution is 5.77. The van der Waals surface area contributed by atoms with Crippen LogP contribution >= 0.6 is 0 Å². The minimum atomic E-state index is -0.659.